The number of nitrogen functional groups attached to an aromatic ring is 1. The highest BCUT2D eigenvalue weighted by atomic mass is 16.7. The van der Waals surface area contributed by atoms with Crippen LogP contribution < -0.4 is 25.8 Å². The van der Waals surface area contributed by atoms with E-state index >= 15 is 0 Å². The molecule has 0 bridgehead atoms. The maximum atomic E-state index is 13.0. The minimum atomic E-state index is -0.297. The third-order valence-corrected chi connectivity index (χ3v) is 5.62. The lowest BCUT2D eigenvalue weighted by atomic mass is 10.1. The molecule has 2 aliphatic rings. The van der Waals surface area contributed by atoms with Crippen molar-refractivity contribution in [3.8, 4) is 11.5 Å². The zero-order valence-electron chi connectivity index (χ0n) is 17.9. The van der Waals surface area contributed by atoms with Crippen molar-refractivity contribution in [3.05, 3.63) is 53.4 Å². The van der Waals surface area contributed by atoms with Crippen molar-refractivity contribution >= 4 is 23.5 Å². The molecule has 168 valence electrons. The number of nitrogens with two attached hydrogens (primary N) is 1. The fraction of sp³-hybridized carbons (Fsp3) is 0.348. The summed E-state index contributed by atoms with van der Waals surface area (Å²) < 4.78 is 16.9. The van der Waals surface area contributed by atoms with E-state index in [1.54, 1.807) is 25.5 Å². The number of hydrogen-bond donors (Lipinski definition) is 4. The Hall–Kier alpha value is -3.59. The van der Waals surface area contributed by atoms with Gasteiger partial charge in [-0.25, -0.2) is 4.98 Å². The lowest BCUT2D eigenvalue weighted by molar-refractivity contribution is 0.0271. The van der Waals surface area contributed by atoms with Gasteiger partial charge >= 0.3 is 0 Å². The van der Waals surface area contributed by atoms with Crippen molar-refractivity contribution in [2.45, 2.75) is 38.0 Å². The van der Waals surface area contributed by atoms with Gasteiger partial charge in [0, 0.05) is 36.8 Å². The van der Waals surface area contributed by atoms with Crippen LogP contribution in [0.2, 0.25) is 0 Å². The Kier molecular flexibility index (Phi) is 6.55. The second kappa shape index (κ2) is 9.69. The third kappa shape index (κ3) is 4.67. The first-order chi connectivity index (χ1) is 15.6. The first-order valence-electron chi connectivity index (χ1n) is 10.5. The fourth-order valence-corrected chi connectivity index (χ4v) is 3.95. The molecule has 5 N–H and O–H groups in total. The summed E-state index contributed by atoms with van der Waals surface area (Å²) in [7, 11) is 1.74. The quantitative estimate of drug-likeness (QED) is 0.467. The zero-order chi connectivity index (χ0) is 22.5. The average molecular weight is 438 g/mol. The molecule has 1 aromatic carbocycles. The predicted molar refractivity (Wildman–Crippen MR) is 121 cm³/mol. The van der Waals surface area contributed by atoms with Crippen LogP contribution in [-0.4, -0.2) is 43.1 Å². The van der Waals surface area contributed by atoms with Gasteiger partial charge in [-0.1, -0.05) is 6.07 Å². The molecule has 4 rings (SSSR count). The molecule has 1 saturated carbocycles. The van der Waals surface area contributed by atoms with Crippen LogP contribution in [0.25, 0.3) is 5.57 Å². The highest BCUT2D eigenvalue weighted by Crippen LogP contribution is 2.33. The molecule has 1 aliphatic heterocycles. The summed E-state index contributed by atoms with van der Waals surface area (Å²) in [5, 5.41) is 13.5. The highest BCUT2D eigenvalue weighted by molar-refractivity contribution is 6.09. The van der Waals surface area contributed by atoms with Crippen LogP contribution in [0.3, 0.4) is 0 Å². The van der Waals surface area contributed by atoms with Crippen molar-refractivity contribution in [1.29, 1.82) is 5.41 Å². The van der Waals surface area contributed by atoms with Gasteiger partial charge < -0.3 is 36.0 Å². The first kappa shape index (κ1) is 21.6. The summed E-state index contributed by atoms with van der Waals surface area (Å²) in [4.78, 5) is 17.1. The Labute approximate surface area is 186 Å². The minimum absolute atomic E-state index is 0.0944. The van der Waals surface area contributed by atoms with E-state index in [1.807, 2.05) is 18.2 Å². The Balaban J connectivity index is 1.41. The van der Waals surface area contributed by atoms with Crippen LogP contribution in [-0.2, 0) is 11.3 Å². The molecule has 2 aromatic rings. The Morgan fingerprint density at radius 3 is 2.97 bits per heavy atom. The molecule has 1 fully saturated rings. The van der Waals surface area contributed by atoms with Crippen LogP contribution in [0, 0.1) is 5.41 Å². The third-order valence-electron chi connectivity index (χ3n) is 5.62. The number of carbonyl (C=O) groups is 1. The van der Waals surface area contributed by atoms with Gasteiger partial charge in [0.1, 0.15) is 5.82 Å². The topological polar surface area (TPSA) is 132 Å². The van der Waals surface area contributed by atoms with Gasteiger partial charge in [0.15, 0.2) is 11.5 Å². The second-order valence-corrected chi connectivity index (χ2v) is 7.74. The SMILES string of the molecule is CN/C=C(\C=N)c1cnc(N)c(C(=O)N[C@H]2CCC[C@@H]2OCc2ccc3c(c2)OCO3)c1. The summed E-state index contributed by atoms with van der Waals surface area (Å²) >= 11 is 0. The van der Waals surface area contributed by atoms with Crippen LogP contribution in [0.15, 0.2) is 36.7 Å². The van der Waals surface area contributed by atoms with E-state index in [0.717, 1.165) is 36.3 Å². The number of aromatic nitrogens is 1. The number of anilines is 1. The van der Waals surface area contributed by atoms with Crippen molar-refractivity contribution in [2.75, 3.05) is 19.6 Å². The minimum Gasteiger partial charge on any atom is -0.454 e. The Bertz CT molecular complexity index is 1040. The van der Waals surface area contributed by atoms with Gasteiger partial charge in [0.25, 0.3) is 5.91 Å². The summed E-state index contributed by atoms with van der Waals surface area (Å²) in [5.74, 6) is 1.32. The molecule has 0 spiro atoms. The monoisotopic (exact) mass is 437 g/mol. The van der Waals surface area contributed by atoms with Crippen molar-refractivity contribution in [1.82, 2.24) is 15.6 Å². The lowest BCUT2D eigenvalue weighted by Gasteiger charge is -2.22. The number of fused-ring (bicyclic) bond motifs is 1. The van der Waals surface area contributed by atoms with E-state index in [2.05, 4.69) is 15.6 Å². The van der Waals surface area contributed by atoms with Gasteiger partial charge in [-0.05, 0) is 43.0 Å². The van der Waals surface area contributed by atoms with Crippen LogP contribution in [0.4, 0.5) is 5.82 Å². The molecule has 1 aromatic heterocycles. The Morgan fingerprint density at radius 1 is 1.31 bits per heavy atom. The summed E-state index contributed by atoms with van der Waals surface area (Å²) in [6.45, 7) is 0.659. The highest BCUT2D eigenvalue weighted by Gasteiger charge is 2.30. The summed E-state index contributed by atoms with van der Waals surface area (Å²) in [6, 6.07) is 7.29. The molecule has 0 unspecified atom stereocenters. The molecule has 1 aliphatic carbocycles. The van der Waals surface area contributed by atoms with Crippen LogP contribution in [0.5, 0.6) is 11.5 Å². The van der Waals surface area contributed by atoms with E-state index in [9.17, 15) is 4.79 Å². The maximum Gasteiger partial charge on any atom is 0.255 e. The van der Waals surface area contributed by atoms with Gasteiger partial charge in [-0.2, -0.15) is 0 Å². The largest absolute Gasteiger partial charge is 0.454 e. The molecule has 0 radical (unpaired) electrons. The molecule has 2 atom stereocenters. The van der Waals surface area contributed by atoms with E-state index in [0.29, 0.717) is 17.7 Å². The normalized spacial score (nSPS) is 19.6. The molecule has 9 heteroatoms. The van der Waals surface area contributed by atoms with E-state index in [1.165, 1.54) is 6.21 Å². The molecule has 0 saturated heterocycles. The number of rotatable bonds is 8. The smallest absolute Gasteiger partial charge is 0.255 e. The zero-order valence-corrected chi connectivity index (χ0v) is 17.9. The lowest BCUT2D eigenvalue weighted by Crippen LogP contribution is -2.41. The molecule has 32 heavy (non-hydrogen) atoms. The number of ether oxygens (including phenoxy) is 3. The molecular formula is C23H27N5O4. The fourth-order valence-electron chi connectivity index (χ4n) is 3.95. The number of benzene rings is 1. The average Bonchev–Trinajstić information content (AvgIpc) is 3.45. The van der Waals surface area contributed by atoms with Gasteiger partial charge in [0.2, 0.25) is 6.79 Å². The number of nitrogens with zero attached hydrogens (tertiary/aromatic N) is 1. The number of hydrogen-bond acceptors (Lipinski definition) is 8. The van der Waals surface area contributed by atoms with E-state index in [4.69, 9.17) is 25.4 Å². The standard InChI is InChI=1S/C23H27N5O4/c1-26-10-16(9-24)15-8-17(22(25)27-11-15)23(29)28-18-3-2-4-19(18)30-12-14-5-6-20-21(7-14)32-13-31-20/h5-11,18-19,24,26H,2-4,12-13H2,1H3,(H2,25,27)(H,28,29)/b16-10+,24-9?/t18-,19-/m0/s1. The van der Waals surface area contributed by atoms with Crippen molar-refractivity contribution in [3.63, 3.8) is 0 Å². The van der Waals surface area contributed by atoms with Crippen molar-refractivity contribution < 1.29 is 19.0 Å². The number of allylic oxidation sites excluding steroid dienone is 1. The molecular weight excluding hydrogens is 410 g/mol. The predicted octanol–water partition coefficient (Wildman–Crippen LogP) is 2.47. The number of nitrogens with one attached hydrogen (secondary N) is 3. The van der Waals surface area contributed by atoms with E-state index in [-0.39, 0.29) is 36.2 Å². The van der Waals surface area contributed by atoms with Gasteiger partial charge in [0.05, 0.1) is 24.3 Å². The molecule has 2 heterocycles. The second-order valence-electron chi connectivity index (χ2n) is 7.74. The number of pyridine rings is 1. The number of carbonyl (C=O) groups excluding carboxylic acids is 1. The Morgan fingerprint density at radius 2 is 2.16 bits per heavy atom. The maximum absolute atomic E-state index is 13.0. The van der Waals surface area contributed by atoms with Gasteiger partial charge in [-0.15, -0.1) is 0 Å². The first-order valence-corrected chi connectivity index (χ1v) is 10.5. The molecule has 9 nitrogen and oxygen atoms in total. The van der Waals surface area contributed by atoms with Crippen molar-refractivity contribution in [2.24, 2.45) is 0 Å². The number of amides is 1. The summed E-state index contributed by atoms with van der Waals surface area (Å²) in [5.41, 5.74) is 8.48. The molecule has 1 amide bonds. The summed E-state index contributed by atoms with van der Waals surface area (Å²) in [6.07, 6.45) is 6.98. The van der Waals surface area contributed by atoms with Gasteiger partial charge in [-0.3, -0.25) is 4.79 Å². The van der Waals surface area contributed by atoms with E-state index < -0.39 is 0 Å². The van der Waals surface area contributed by atoms with Crippen LogP contribution >= 0.6 is 0 Å². The van der Waals surface area contributed by atoms with Crippen LogP contribution in [0.1, 0.15) is 40.7 Å².